The van der Waals surface area contributed by atoms with Crippen LogP contribution in [0.15, 0.2) is 65.6 Å². The van der Waals surface area contributed by atoms with Crippen LogP contribution in [0, 0.1) is 17.5 Å². The molecule has 3 rings (SSSR count). The van der Waals surface area contributed by atoms with Gasteiger partial charge in [0.1, 0.15) is 5.82 Å². The molecule has 0 aliphatic rings. The molecular formula is C21H14ClF3N2O5S. The van der Waals surface area contributed by atoms with Crippen molar-refractivity contribution in [1.82, 2.24) is 0 Å². The number of ether oxygens (including phenoxy) is 1. The Labute approximate surface area is 191 Å². The molecule has 0 bridgehead atoms. The van der Waals surface area contributed by atoms with E-state index in [4.69, 9.17) is 16.3 Å². The van der Waals surface area contributed by atoms with Gasteiger partial charge in [-0.2, -0.15) is 0 Å². The van der Waals surface area contributed by atoms with E-state index in [1.807, 2.05) is 0 Å². The van der Waals surface area contributed by atoms with E-state index in [2.05, 4.69) is 10.0 Å². The third-order valence-electron chi connectivity index (χ3n) is 4.13. The van der Waals surface area contributed by atoms with Crippen LogP contribution in [0.1, 0.15) is 10.4 Å². The maximum Gasteiger partial charge on any atom is 0.340 e. The van der Waals surface area contributed by atoms with Gasteiger partial charge in [-0.25, -0.2) is 26.4 Å². The summed E-state index contributed by atoms with van der Waals surface area (Å²) in [7, 11) is -4.39. The number of hydrogen-bond acceptors (Lipinski definition) is 5. The quantitative estimate of drug-likeness (QED) is 0.471. The average Bonchev–Trinajstić information content (AvgIpc) is 2.76. The van der Waals surface area contributed by atoms with E-state index in [0.29, 0.717) is 12.1 Å². The number of rotatable bonds is 7. The number of esters is 1. The Kier molecular flexibility index (Phi) is 7.24. The van der Waals surface area contributed by atoms with Crippen LogP contribution in [0.4, 0.5) is 24.5 Å². The fraction of sp³-hybridized carbons (Fsp3) is 0.0476. The van der Waals surface area contributed by atoms with Gasteiger partial charge in [0.05, 0.1) is 21.8 Å². The molecule has 0 spiro atoms. The number of amides is 1. The van der Waals surface area contributed by atoms with Gasteiger partial charge in [-0.15, -0.1) is 0 Å². The summed E-state index contributed by atoms with van der Waals surface area (Å²) in [5.41, 5.74) is -0.661. The highest BCUT2D eigenvalue weighted by molar-refractivity contribution is 7.92. The number of benzene rings is 3. The maximum absolute atomic E-state index is 13.8. The van der Waals surface area contributed by atoms with Crippen LogP contribution in [0.5, 0.6) is 0 Å². The molecule has 0 atom stereocenters. The Balaban J connectivity index is 1.70. The van der Waals surface area contributed by atoms with E-state index < -0.39 is 50.9 Å². The number of halogens is 4. The fourth-order valence-electron chi connectivity index (χ4n) is 2.58. The molecule has 3 aromatic rings. The molecule has 1 amide bonds. The number of para-hydroxylation sites is 1. The zero-order chi connectivity index (χ0) is 24.2. The molecular weight excluding hydrogens is 485 g/mol. The van der Waals surface area contributed by atoms with Gasteiger partial charge in [-0.1, -0.05) is 23.7 Å². The van der Waals surface area contributed by atoms with Gasteiger partial charge in [0, 0.05) is 5.02 Å². The molecule has 0 radical (unpaired) electrons. The first-order valence-corrected chi connectivity index (χ1v) is 10.9. The molecule has 0 saturated carbocycles. The van der Waals surface area contributed by atoms with E-state index in [1.165, 1.54) is 36.4 Å². The second kappa shape index (κ2) is 9.92. The number of hydrogen-bond donors (Lipinski definition) is 2. The molecule has 0 aromatic heterocycles. The Morgan fingerprint density at radius 3 is 2.30 bits per heavy atom. The van der Waals surface area contributed by atoms with Gasteiger partial charge >= 0.3 is 5.97 Å². The van der Waals surface area contributed by atoms with Crippen LogP contribution in [0.2, 0.25) is 5.02 Å². The molecule has 0 heterocycles. The lowest BCUT2D eigenvalue weighted by atomic mass is 10.2. The summed E-state index contributed by atoms with van der Waals surface area (Å²) < 4.78 is 72.3. The molecule has 0 saturated heterocycles. The first-order valence-electron chi connectivity index (χ1n) is 9.06. The van der Waals surface area contributed by atoms with Crippen LogP contribution in [0.25, 0.3) is 0 Å². The highest BCUT2D eigenvalue weighted by atomic mass is 35.5. The van der Waals surface area contributed by atoms with Gasteiger partial charge in [0.25, 0.3) is 15.9 Å². The normalized spacial score (nSPS) is 11.0. The molecule has 2 N–H and O–H groups in total. The van der Waals surface area contributed by atoms with Crippen molar-refractivity contribution in [3.05, 3.63) is 88.7 Å². The molecule has 7 nitrogen and oxygen atoms in total. The molecule has 3 aromatic carbocycles. The summed E-state index contributed by atoms with van der Waals surface area (Å²) in [5.74, 6) is -5.31. The SMILES string of the molecule is O=C(COC(=O)c1ccccc1NS(=O)(=O)c1ccc(F)c(F)c1)Nc1ccc(Cl)cc1F. The van der Waals surface area contributed by atoms with Crippen LogP contribution in [-0.2, 0) is 19.6 Å². The number of carbonyl (C=O) groups is 2. The van der Waals surface area contributed by atoms with Crippen LogP contribution >= 0.6 is 11.6 Å². The summed E-state index contributed by atoms with van der Waals surface area (Å²) in [4.78, 5) is 23.8. The highest BCUT2D eigenvalue weighted by Crippen LogP contribution is 2.22. The van der Waals surface area contributed by atoms with Crippen LogP contribution < -0.4 is 10.0 Å². The standard InChI is InChI=1S/C21H14ClF3N2O5S/c22-12-5-8-19(17(25)9-12)26-20(28)11-32-21(29)14-3-1-2-4-18(14)27-33(30,31)13-6-7-15(23)16(24)10-13/h1-10,27H,11H2,(H,26,28). The minimum Gasteiger partial charge on any atom is -0.452 e. The van der Waals surface area contributed by atoms with Crippen molar-refractivity contribution >= 4 is 44.9 Å². The molecule has 0 aliphatic carbocycles. The molecule has 172 valence electrons. The van der Waals surface area contributed by atoms with Crippen molar-refractivity contribution in [1.29, 1.82) is 0 Å². The van der Waals surface area contributed by atoms with Crippen molar-refractivity contribution in [2.24, 2.45) is 0 Å². The Bertz CT molecular complexity index is 1340. The number of nitrogens with one attached hydrogen (secondary N) is 2. The Morgan fingerprint density at radius 1 is 0.879 bits per heavy atom. The fourth-order valence-corrected chi connectivity index (χ4v) is 3.83. The summed E-state index contributed by atoms with van der Waals surface area (Å²) in [6.45, 7) is -0.800. The van der Waals surface area contributed by atoms with Crippen LogP contribution in [0.3, 0.4) is 0 Å². The minimum absolute atomic E-state index is 0.124. The lowest BCUT2D eigenvalue weighted by molar-refractivity contribution is -0.119. The smallest absolute Gasteiger partial charge is 0.340 e. The molecule has 0 aliphatic heterocycles. The van der Waals surface area contributed by atoms with Gasteiger partial charge in [0.15, 0.2) is 18.2 Å². The van der Waals surface area contributed by atoms with Gasteiger partial charge in [-0.3, -0.25) is 9.52 Å². The third kappa shape index (κ3) is 6.02. The number of sulfonamides is 1. The van der Waals surface area contributed by atoms with E-state index >= 15 is 0 Å². The summed E-state index contributed by atoms with van der Waals surface area (Å²) in [6.07, 6.45) is 0. The van der Waals surface area contributed by atoms with E-state index in [0.717, 1.165) is 12.1 Å². The van der Waals surface area contributed by atoms with E-state index in [1.54, 1.807) is 0 Å². The first-order chi connectivity index (χ1) is 15.6. The second-order valence-electron chi connectivity index (χ2n) is 6.48. The van der Waals surface area contributed by atoms with Crippen molar-refractivity contribution in [3.8, 4) is 0 Å². The third-order valence-corrected chi connectivity index (χ3v) is 5.73. The zero-order valence-corrected chi connectivity index (χ0v) is 18.0. The summed E-state index contributed by atoms with van der Waals surface area (Å²) >= 11 is 5.63. The largest absolute Gasteiger partial charge is 0.452 e. The predicted octanol–water partition coefficient (Wildman–Crippen LogP) is 4.35. The van der Waals surface area contributed by atoms with Crippen LogP contribution in [-0.4, -0.2) is 26.9 Å². The molecule has 0 fully saturated rings. The molecule has 33 heavy (non-hydrogen) atoms. The monoisotopic (exact) mass is 498 g/mol. The first kappa shape index (κ1) is 24.1. The zero-order valence-electron chi connectivity index (χ0n) is 16.4. The van der Waals surface area contributed by atoms with Gasteiger partial charge in [0.2, 0.25) is 0 Å². The highest BCUT2D eigenvalue weighted by Gasteiger charge is 2.21. The van der Waals surface area contributed by atoms with Crippen molar-refractivity contribution < 1.29 is 35.9 Å². The maximum atomic E-state index is 13.8. The van der Waals surface area contributed by atoms with E-state index in [-0.39, 0.29) is 22.0 Å². The van der Waals surface area contributed by atoms with Gasteiger partial charge in [-0.05, 0) is 48.5 Å². The van der Waals surface area contributed by atoms with E-state index in [9.17, 15) is 31.2 Å². The summed E-state index contributed by atoms with van der Waals surface area (Å²) in [6, 6.07) is 10.8. The lowest BCUT2D eigenvalue weighted by Crippen LogP contribution is -2.22. The second-order valence-corrected chi connectivity index (χ2v) is 8.59. The topological polar surface area (TPSA) is 102 Å². The van der Waals surface area contributed by atoms with Crippen molar-refractivity contribution in [2.45, 2.75) is 4.90 Å². The van der Waals surface area contributed by atoms with Crippen molar-refractivity contribution in [3.63, 3.8) is 0 Å². The molecule has 0 unspecified atom stereocenters. The van der Waals surface area contributed by atoms with Crippen molar-refractivity contribution in [2.75, 3.05) is 16.6 Å². The minimum atomic E-state index is -4.39. The Morgan fingerprint density at radius 2 is 1.61 bits per heavy atom. The number of carbonyl (C=O) groups excluding carboxylic acids is 2. The lowest BCUT2D eigenvalue weighted by Gasteiger charge is -2.13. The number of anilines is 2. The molecule has 12 heteroatoms. The predicted molar refractivity (Wildman–Crippen MR) is 114 cm³/mol. The summed E-state index contributed by atoms with van der Waals surface area (Å²) in [5, 5.41) is 2.33. The van der Waals surface area contributed by atoms with Gasteiger partial charge < -0.3 is 10.1 Å². The average molecular weight is 499 g/mol. The Hall–Kier alpha value is -3.57.